The van der Waals surface area contributed by atoms with Gasteiger partial charge >= 0.3 is 5.97 Å². The maximum atomic E-state index is 12.0. The number of carboxylic acids is 1. The lowest BCUT2D eigenvalue weighted by Gasteiger charge is -2.35. The molecule has 0 radical (unpaired) electrons. The van der Waals surface area contributed by atoms with Gasteiger partial charge in [0.25, 0.3) is 0 Å². The number of H-pyrrole nitrogens is 7. The number of carbonyl (C=O) groups excluding carboxylic acids is 4. The van der Waals surface area contributed by atoms with Gasteiger partial charge in [-0.15, -0.1) is 71.4 Å². The van der Waals surface area contributed by atoms with Crippen molar-refractivity contribution in [2.45, 2.75) is 248 Å². The molecule has 0 bridgehead atoms. The highest BCUT2D eigenvalue weighted by Crippen LogP contribution is 2.44. The number of allylic oxidation sites excluding steroid dienone is 4. The van der Waals surface area contributed by atoms with Crippen LogP contribution in [0, 0.1) is 76.9 Å². The van der Waals surface area contributed by atoms with E-state index in [0.29, 0.717) is 108 Å². The van der Waals surface area contributed by atoms with E-state index in [1.807, 2.05) is 94.1 Å². The number of carbonyl (C=O) groups is 5. The van der Waals surface area contributed by atoms with Gasteiger partial charge in [-0.05, 0) is 237 Å². The van der Waals surface area contributed by atoms with Crippen molar-refractivity contribution in [3.05, 3.63) is 236 Å². The number of piperidine rings is 2. The Kier molecular flexibility index (Phi) is 50.7. The molecule has 0 saturated carbocycles. The zero-order valence-electron chi connectivity index (χ0n) is 87.0. The predicted molar refractivity (Wildman–Crippen MR) is 561 cm³/mol. The molecule has 14 heterocycles. The number of Topliss-reactive ketones (excluding diaryl/α,β-unsaturated/α-hetero) is 2. The van der Waals surface area contributed by atoms with Crippen LogP contribution in [-0.4, -0.2) is 255 Å². The van der Waals surface area contributed by atoms with Crippen LogP contribution in [0.2, 0.25) is 5.15 Å². The summed E-state index contributed by atoms with van der Waals surface area (Å²) in [5.41, 5.74) is 10.1. The summed E-state index contributed by atoms with van der Waals surface area (Å²) in [7, 11) is 0. The molecule has 149 heavy (non-hydrogen) atoms. The Hall–Kier alpha value is -13.6. The van der Waals surface area contributed by atoms with Gasteiger partial charge < -0.3 is 41.5 Å². The lowest BCUT2D eigenvalue weighted by Crippen LogP contribution is -2.37. The number of nitrogens with zero attached hydrogens (tertiary/aromatic N) is 27. The van der Waals surface area contributed by atoms with Gasteiger partial charge in [0.15, 0.2) is 40.8 Å². The van der Waals surface area contributed by atoms with Crippen molar-refractivity contribution >= 4 is 72.8 Å². The topological polar surface area (TPSA) is 673 Å². The van der Waals surface area contributed by atoms with Gasteiger partial charge in [-0.1, -0.05) is 188 Å². The Morgan fingerprint density at radius 3 is 1.17 bits per heavy atom. The van der Waals surface area contributed by atoms with E-state index < -0.39 is 23.7 Å². The van der Waals surface area contributed by atoms with Crippen molar-refractivity contribution < 1.29 is 49.5 Å². The van der Waals surface area contributed by atoms with Crippen LogP contribution < -0.4 is 11.1 Å². The predicted octanol–water partition coefficient (Wildman–Crippen LogP) is 15.4. The third-order valence-corrected chi connectivity index (χ3v) is 28.0. The highest BCUT2D eigenvalue weighted by atomic mass is 79.9. The quantitative estimate of drug-likeness (QED) is 0.0124. The number of aromatic nitrogens is 33. The zero-order valence-corrected chi connectivity index (χ0v) is 91.0. The standard InChI is InChI=1S/C16H27N5O2.2C14H18BrN5O.C14H18ClN5O.C14H18N6O3.C14H25N5O.C14H19N5O/c1-10(2)15(11(3)22)14(16-17-19-20-18-16)9-13-5-7-21(8-6-13)12(4)23;1-8(2)13(9(3)21)11(14-17-19-20-18-14)6-10-4-5-12(15)16-7-10;1-8(2)13(9(3)21)11(14-17-19-20-18-14)7-10-5-4-6-12(15)16-10;1-3-5-11(9(2)21)12(14-17-19-20-18-14)8-10-6-4-7-16-13(10)15;1-2-3-10(14(22)23)11(13-17-19-20-18-13)6-9-5-4-8(7-16-9)12(15)21;1-9(2)13(10(3)20)12(14-16-18-19-17-14)8-11-4-6-15-7-5-11;1-3-4-12(10(2)20)13(14-16-18-19-17-14)9-11-5-7-15-8-6-11/h10,13-15,22H,3,5-9H2,1-2,4H3,(H,17,18,19,20);4-5,7-8,11,13,21H,3,6H2,1-2H3,(H,17,18,19,20);4-6,8,11,13,21H,3,7H2,1-2H3,(H,17,18,19,20);4,6-7,11-12H,3,5,8H2,1-2H3,(H,17,18,19,20);4-5,7,10-11H,2-3,6H2,1H3,(H2,15,21)(H,22,23)(H,17,18,19,20);9,11-13,15,20H,3-8H2,1-2H3,(H,16,17,18,19);5-8,12-13H,3-4,9H2,1-2H3,(H,16,17,18,19)/t14-,15+;2*11-,13+;11-,12+;10-,11-;2*12-,13+/m0001001/s1. The normalized spacial score (nSPS) is 15.5. The van der Waals surface area contributed by atoms with Crippen LogP contribution in [-0.2, 0) is 51.3 Å². The molecule has 0 unspecified atom stereocenters. The maximum Gasteiger partial charge on any atom is 0.307 e. The summed E-state index contributed by atoms with van der Waals surface area (Å²) in [4.78, 5) is 80.9. The average Bonchev–Trinajstić information content (AvgIpc) is 1.83. The summed E-state index contributed by atoms with van der Waals surface area (Å²) in [6.07, 6.45) is 22.0. The van der Waals surface area contributed by atoms with Crippen LogP contribution in [0.3, 0.4) is 0 Å². The summed E-state index contributed by atoms with van der Waals surface area (Å²) < 4.78 is 1.56. The minimum absolute atomic E-state index is 0.0138. The summed E-state index contributed by atoms with van der Waals surface area (Å²) in [5, 5.41) is 153. The molecule has 12 aromatic rings. The third kappa shape index (κ3) is 38.5. The van der Waals surface area contributed by atoms with E-state index in [9.17, 15) is 49.5 Å². The molecule has 49 heteroatoms. The number of rotatable bonds is 46. The zero-order chi connectivity index (χ0) is 109. The first kappa shape index (κ1) is 121. The Morgan fingerprint density at radius 2 is 0.812 bits per heavy atom. The highest BCUT2D eigenvalue weighted by Gasteiger charge is 2.40. The van der Waals surface area contributed by atoms with E-state index in [1.54, 1.807) is 57.7 Å². The number of nitrogens with two attached hydrogens (primary N) is 1. The number of nitrogens with one attached hydrogen (secondary N) is 8. The van der Waals surface area contributed by atoms with Crippen molar-refractivity contribution in [1.29, 1.82) is 0 Å². The molecule has 46 nitrogen and oxygen atoms in total. The molecule has 12 aromatic heterocycles. The van der Waals surface area contributed by atoms with Crippen LogP contribution in [0.5, 0.6) is 0 Å². The van der Waals surface area contributed by atoms with Gasteiger partial charge in [-0.3, -0.25) is 33.9 Å². The molecule has 0 aliphatic carbocycles. The maximum absolute atomic E-state index is 12.0. The summed E-state index contributed by atoms with van der Waals surface area (Å²) in [5.74, 6) is 3.51. The third-order valence-electron chi connectivity index (χ3n) is 26.8. The molecule has 2 fully saturated rings. The number of aliphatic carboxylic acids is 1. The Bertz CT molecular complexity index is 5890. The van der Waals surface area contributed by atoms with Gasteiger partial charge in [0.1, 0.15) is 25.9 Å². The largest absolute Gasteiger partial charge is 0.513 e. The van der Waals surface area contributed by atoms with E-state index in [4.69, 9.17) is 17.3 Å². The van der Waals surface area contributed by atoms with Crippen molar-refractivity contribution in [3.63, 3.8) is 0 Å². The van der Waals surface area contributed by atoms with Crippen molar-refractivity contribution in [3.8, 4) is 0 Å². The minimum Gasteiger partial charge on any atom is -0.513 e. The number of aliphatic hydroxyl groups is 4. The molecule has 14 rings (SSSR count). The molecule has 0 aromatic carbocycles. The van der Waals surface area contributed by atoms with Crippen LogP contribution >= 0.6 is 43.5 Å². The van der Waals surface area contributed by atoms with Gasteiger partial charge in [-0.2, -0.15) is 36.5 Å². The number of pyridine rings is 5. The Morgan fingerprint density at radius 1 is 0.423 bits per heavy atom. The van der Waals surface area contributed by atoms with Crippen molar-refractivity contribution in [2.75, 3.05) is 26.2 Å². The number of hydrogen-bond acceptors (Lipinski definition) is 36. The smallest absolute Gasteiger partial charge is 0.307 e. The molecular formula is C100H143Br2ClN36O10. The van der Waals surface area contributed by atoms with Crippen molar-refractivity contribution in [1.82, 2.24) is 180 Å². The molecule has 804 valence electrons. The van der Waals surface area contributed by atoms with E-state index in [2.05, 4.69) is 274 Å². The average molecular weight is 2200 g/mol. The molecule has 0 spiro atoms. The number of likely N-dealkylation sites (tertiary alicyclic amines) is 1. The second-order valence-corrected chi connectivity index (χ2v) is 40.7. The number of aromatic amines is 7. The summed E-state index contributed by atoms with van der Waals surface area (Å²) in [6, 6.07) is 20.5. The number of aliphatic hydroxyl groups excluding tert-OH is 4. The SMILES string of the molecule is C=C(O)[C@@H](C(C)C)[C@H](CC1CCN(C(C)=O)CC1)c1nn[nH]n1.C=C(O)[C@@H](C(C)C)[C@H](CC1CCNCC1)c1nn[nH]n1.C=C(O)[C@@H](C(C)C)[C@H](Cc1ccc(Br)nc1)c1nn[nH]n1.C=C(O)[C@@H](C(C)C)[C@H](Cc1cccc(Br)n1)c1nn[nH]n1.CCC[C@H](C(=O)O)[C@H](Cc1ccc(C(N)=O)cn1)c1nn[nH]n1.CCC[C@H](C(C)=O)[C@H](Cc1cccnc1Cl)c1nn[nH]n1.CCC[C@H](C(C)=O)[C@H](Cc1ccncc1)c1nn[nH]n1. The summed E-state index contributed by atoms with van der Waals surface area (Å²) >= 11 is 12.8. The first-order valence-corrected chi connectivity index (χ1v) is 52.1. The molecule has 2 aliphatic heterocycles. The second kappa shape index (κ2) is 62.6. The van der Waals surface area contributed by atoms with Gasteiger partial charge in [0.2, 0.25) is 11.8 Å². The van der Waals surface area contributed by atoms with Crippen LogP contribution in [0.1, 0.15) is 295 Å². The first-order chi connectivity index (χ1) is 71.3. The van der Waals surface area contributed by atoms with Crippen LogP contribution in [0.4, 0.5) is 0 Å². The lowest BCUT2D eigenvalue weighted by molar-refractivity contribution is -0.143. The number of halogens is 3. The molecule has 15 N–H and O–H groups in total. The minimum atomic E-state index is -0.907. The van der Waals surface area contributed by atoms with Gasteiger partial charge in [0.05, 0.1) is 34.5 Å². The lowest BCUT2D eigenvalue weighted by atomic mass is 9.75. The van der Waals surface area contributed by atoms with Crippen molar-refractivity contribution in [2.24, 2.45) is 82.7 Å². The molecule has 2 saturated heterocycles. The monoisotopic (exact) mass is 2200 g/mol. The fraction of sp³-hybridized carbons (Fsp3) is 0.550. The second-order valence-electron chi connectivity index (χ2n) is 38.7. The van der Waals surface area contributed by atoms with E-state index >= 15 is 0 Å². The molecule has 14 atom stereocenters. The van der Waals surface area contributed by atoms with E-state index in [0.717, 1.165) is 128 Å². The summed E-state index contributed by atoms with van der Waals surface area (Å²) in [6.45, 7) is 46.1. The number of hydrogen-bond donors (Lipinski definition) is 14. The van der Waals surface area contributed by atoms with Gasteiger partial charge in [-0.25, -0.2) is 15.0 Å². The van der Waals surface area contributed by atoms with Crippen LogP contribution in [0.15, 0.2) is 156 Å². The Balaban J connectivity index is 0.000000212. The number of amides is 2. The number of primary amides is 1. The molecule has 2 aliphatic rings. The van der Waals surface area contributed by atoms with Crippen LogP contribution in [0.25, 0.3) is 0 Å². The molecular weight excluding hydrogens is 2060 g/mol. The van der Waals surface area contributed by atoms with E-state index in [-0.39, 0.29) is 135 Å². The molecule has 2 amide bonds. The Labute approximate surface area is 888 Å². The fourth-order valence-corrected chi connectivity index (χ4v) is 20.4. The number of ketones is 2. The number of tetrazole rings is 7. The van der Waals surface area contributed by atoms with E-state index in [1.165, 1.54) is 6.20 Å². The van der Waals surface area contributed by atoms with Gasteiger partial charge in [0, 0.05) is 152 Å². The highest BCUT2D eigenvalue weighted by molar-refractivity contribution is 9.10. The first-order valence-electron chi connectivity index (χ1n) is 50.1. The number of carboxylic acid groups (broad SMARTS) is 1. The fourth-order valence-electron chi connectivity index (χ4n) is 19.6.